The predicted molar refractivity (Wildman–Crippen MR) is 68.9 cm³/mol. The normalized spacial score (nSPS) is 14.7. The molecular formula is C11H19ClN2O2. The van der Waals surface area contributed by atoms with Gasteiger partial charge in [0.05, 0.1) is 7.11 Å². The Bertz CT molecular complexity index is 304. The Balaban J connectivity index is 0.00000112. The number of halogens is 1. The van der Waals surface area contributed by atoms with Crippen molar-refractivity contribution in [2.75, 3.05) is 38.2 Å². The molecule has 0 saturated carbocycles. The van der Waals surface area contributed by atoms with Crippen molar-refractivity contribution in [3.05, 3.63) is 24.3 Å². The van der Waals surface area contributed by atoms with Gasteiger partial charge in [-0.05, 0) is 12.1 Å². The highest BCUT2D eigenvalue weighted by Gasteiger charge is 2.10. The van der Waals surface area contributed by atoms with E-state index in [2.05, 4.69) is 22.3 Å². The maximum atomic E-state index is 5.20. The molecule has 1 fully saturated rings. The highest BCUT2D eigenvalue weighted by molar-refractivity contribution is 5.85. The first-order chi connectivity index (χ1) is 6.90. The van der Waals surface area contributed by atoms with Crippen LogP contribution >= 0.6 is 12.4 Å². The lowest BCUT2D eigenvalue weighted by molar-refractivity contribution is 0.414. The van der Waals surface area contributed by atoms with Crippen LogP contribution in [0.4, 0.5) is 5.69 Å². The molecule has 0 aliphatic carbocycles. The summed E-state index contributed by atoms with van der Waals surface area (Å²) in [5.41, 5.74) is 1.26. The molecule has 1 aliphatic heterocycles. The number of hydrogen-bond acceptors (Lipinski definition) is 3. The van der Waals surface area contributed by atoms with Crippen LogP contribution in [0.1, 0.15) is 0 Å². The monoisotopic (exact) mass is 246 g/mol. The lowest BCUT2D eigenvalue weighted by Crippen LogP contribution is -2.43. The minimum Gasteiger partial charge on any atom is -0.497 e. The number of anilines is 1. The van der Waals surface area contributed by atoms with Crippen molar-refractivity contribution in [1.29, 1.82) is 0 Å². The lowest BCUT2D eigenvalue weighted by atomic mass is 10.2. The number of nitrogens with one attached hydrogen (secondary N) is 1. The molecule has 3 N–H and O–H groups in total. The van der Waals surface area contributed by atoms with Crippen LogP contribution in [0.15, 0.2) is 24.3 Å². The molecular weight excluding hydrogens is 228 g/mol. The summed E-state index contributed by atoms with van der Waals surface area (Å²) in [6, 6.07) is 8.24. The summed E-state index contributed by atoms with van der Waals surface area (Å²) in [7, 11) is 1.71. The molecule has 0 aromatic heterocycles. The third-order valence-corrected chi connectivity index (χ3v) is 2.54. The Morgan fingerprint density at radius 2 is 1.94 bits per heavy atom. The number of ether oxygens (including phenoxy) is 1. The standard InChI is InChI=1S/C11H16N2O.ClH.H2O/c1-14-11-4-2-3-10(9-11)13-7-5-12-6-8-13;;/h2-4,9,12H,5-8H2,1H3;1H;1H2. The quantitative estimate of drug-likeness (QED) is 0.836. The molecule has 0 atom stereocenters. The molecule has 16 heavy (non-hydrogen) atoms. The van der Waals surface area contributed by atoms with Gasteiger partial charge < -0.3 is 20.4 Å². The SMILES string of the molecule is COc1cccc(N2CCNCC2)c1.Cl.O. The average Bonchev–Trinajstić information content (AvgIpc) is 2.30. The van der Waals surface area contributed by atoms with Crippen molar-refractivity contribution in [2.45, 2.75) is 0 Å². The van der Waals surface area contributed by atoms with Crippen LogP contribution in [0.5, 0.6) is 5.75 Å². The topological polar surface area (TPSA) is 56.0 Å². The van der Waals surface area contributed by atoms with Gasteiger partial charge in [0.1, 0.15) is 5.75 Å². The smallest absolute Gasteiger partial charge is 0.120 e. The highest BCUT2D eigenvalue weighted by Crippen LogP contribution is 2.20. The van der Waals surface area contributed by atoms with E-state index in [-0.39, 0.29) is 17.9 Å². The first-order valence-electron chi connectivity index (χ1n) is 5.00. The van der Waals surface area contributed by atoms with Crippen molar-refractivity contribution >= 4 is 18.1 Å². The van der Waals surface area contributed by atoms with E-state index in [9.17, 15) is 0 Å². The summed E-state index contributed by atoms with van der Waals surface area (Å²) in [5, 5.41) is 3.34. The Hall–Kier alpha value is -0.970. The second kappa shape index (κ2) is 7.33. The van der Waals surface area contributed by atoms with Crippen molar-refractivity contribution in [1.82, 2.24) is 5.32 Å². The van der Waals surface area contributed by atoms with E-state index in [1.54, 1.807) is 7.11 Å². The van der Waals surface area contributed by atoms with E-state index in [1.165, 1.54) is 5.69 Å². The van der Waals surface area contributed by atoms with Crippen LogP contribution in [0.2, 0.25) is 0 Å². The average molecular weight is 247 g/mol. The molecule has 1 aromatic carbocycles. The van der Waals surface area contributed by atoms with Gasteiger partial charge in [0.2, 0.25) is 0 Å². The molecule has 92 valence electrons. The van der Waals surface area contributed by atoms with Gasteiger partial charge in [-0.1, -0.05) is 6.07 Å². The van der Waals surface area contributed by atoms with Crippen LogP contribution in [0.25, 0.3) is 0 Å². The van der Waals surface area contributed by atoms with E-state index in [0.717, 1.165) is 31.9 Å². The third kappa shape index (κ3) is 3.56. The van der Waals surface area contributed by atoms with Crippen molar-refractivity contribution in [3.63, 3.8) is 0 Å². The third-order valence-electron chi connectivity index (χ3n) is 2.54. The van der Waals surface area contributed by atoms with E-state index in [1.807, 2.05) is 12.1 Å². The van der Waals surface area contributed by atoms with Crippen molar-refractivity contribution < 1.29 is 10.2 Å². The number of methoxy groups -OCH3 is 1. The number of piperazine rings is 1. The molecule has 1 aliphatic rings. The van der Waals surface area contributed by atoms with Crippen LogP contribution in [0, 0.1) is 0 Å². The number of rotatable bonds is 2. The zero-order valence-electron chi connectivity index (χ0n) is 9.40. The zero-order valence-corrected chi connectivity index (χ0v) is 10.2. The van der Waals surface area contributed by atoms with Gasteiger partial charge in [-0.15, -0.1) is 12.4 Å². The molecule has 0 spiro atoms. The van der Waals surface area contributed by atoms with E-state index >= 15 is 0 Å². The highest BCUT2D eigenvalue weighted by atomic mass is 35.5. The second-order valence-electron chi connectivity index (χ2n) is 3.44. The molecule has 5 heteroatoms. The molecule has 1 aromatic rings. The number of nitrogens with zero attached hydrogens (tertiary/aromatic N) is 1. The fraction of sp³-hybridized carbons (Fsp3) is 0.455. The van der Waals surface area contributed by atoms with E-state index in [4.69, 9.17) is 4.74 Å². The lowest BCUT2D eigenvalue weighted by Gasteiger charge is -2.29. The summed E-state index contributed by atoms with van der Waals surface area (Å²) in [5.74, 6) is 0.932. The molecule has 0 bridgehead atoms. The largest absolute Gasteiger partial charge is 0.497 e. The summed E-state index contributed by atoms with van der Waals surface area (Å²) < 4.78 is 5.20. The first kappa shape index (κ1) is 15.0. The molecule has 0 radical (unpaired) electrons. The van der Waals surface area contributed by atoms with E-state index < -0.39 is 0 Å². The maximum Gasteiger partial charge on any atom is 0.120 e. The van der Waals surface area contributed by atoms with Crippen LogP contribution in [0.3, 0.4) is 0 Å². The van der Waals surface area contributed by atoms with E-state index in [0.29, 0.717) is 0 Å². The van der Waals surface area contributed by atoms with Gasteiger partial charge in [-0.3, -0.25) is 0 Å². The molecule has 4 nitrogen and oxygen atoms in total. The first-order valence-corrected chi connectivity index (χ1v) is 5.00. The van der Waals surface area contributed by atoms with Crippen LogP contribution in [-0.4, -0.2) is 38.8 Å². The predicted octanol–water partition coefficient (Wildman–Crippen LogP) is 0.702. The van der Waals surface area contributed by atoms with Crippen LogP contribution < -0.4 is 15.0 Å². The Morgan fingerprint density at radius 1 is 1.25 bits per heavy atom. The Morgan fingerprint density at radius 3 is 2.56 bits per heavy atom. The van der Waals surface area contributed by atoms with Crippen LogP contribution in [-0.2, 0) is 0 Å². The maximum absolute atomic E-state index is 5.20. The van der Waals surface area contributed by atoms with Gasteiger partial charge in [0, 0.05) is 37.9 Å². The number of benzene rings is 1. The van der Waals surface area contributed by atoms with Crippen molar-refractivity contribution in [2.24, 2.45) is 0 Å². The van der Waals surface area contributed by atoms with Gasteiger partial charge >= 0.3 is 0 Å². The molecule has 1 saturated heterocycles. The fourth-order valence-electron chi connectivity index (χ4n) is 1.73. The zero-order chi connectivity index (χ0) is 9.80. The van der Waals surface area contributed by atoms with Gasteiger partial charge in [0.25, 0.3) is 0 Å². The minimum absolute atomic E-state index is 0. The molecule has 0 unspecified atom stereocenters. The Kier molecular flexibility index (Phi) is 6.88. The van der Waals surface area contributed by atoms with Gasteiger partial charge in [0.15, 0.2) is 0 Å². The summed E-state index contributed by atoms with van der Waals surface area (Å²) in [6.45, 7) is 4.29. The Labute approximate surface area is 102 Å². The number of hydrogen-bond donors (Lipinski definition) is 1. The summed E-state index contributed by atoms with van der Waals surface area (Å²) in [4.78, 5) is 2.37. The van der Waals surface area contributed by atoms with Gasteiger partial charge in [-0.2, -0.15) is 0 Å². The molecule has 0 amide bonds. The summed E-state index contributed by atoms with van der Waals surface area (Å²) >= 11 is 0. The molecule has 2 rings (SSSR count). The second-order valence-corrected chi connectivity index (χ2v) is 3.44. The van der Waals surface area contributed by atoms with Crippen molar-refractivity contribution in [3.8, 4) is 5.75 Å². The minimum atomic E-state index is 0. The fourth-order valence-corrected chi connectivity index (χ4v) is 1.73. The summed E-state index contributed by atoms with van der Waals surface area (Å²) in [6.07, 6.45) is 0. The van der Waals surface area contributed by atoms with Gasteiger partial charge in [-0.25, -0.2) is 0 Å². The molecule has 1 heterocycles.